The minimum atomic E-state index is -6.72. The van der Waals surface area contributed by atoms with E-state index in [9.17, 15) is 69.6 Å². The van der Waals surface area contributed by atoms with E-state index in [0.29, 0.717) is 6.42 Å². The maximum atomic E-state index is 12.0. The average molecular weight is 778 g/mol. The maximum absolute atomic E-state index is 12.0. The summed E-state index contributed by atoms with van der Waals surface area (Å²) in [6.45, 7) is 4.73. The van der Waals surface area contributed by atoms with Crippen molar-refractivity contribution in [2.24, 2.45) is 0 Å². The zero-order valence-electron chi connectivity index (χ0n) is 16.7. The molecule has 1 saturated heterocycles. The number of hydrogen-bond acceptors (Lipinski definition) is 8. The van der Waals surface area contributed by atoms with Crippen molar-refractivity contribution in [3.63, 3.8) is 0 Å². The minimum Gasteiger partial charge on any atom is -0.421 e. The molecule has 1 aliphatic heterocycles. The zero-order valence-corrected chi connectivity index (χ0v) is 21.3. The quantitative estimate of drug-likeness (QED) is 0.235. The van der Waals surface area contributed by atoms with Crippen LogP contribution in [-0.4, -0.2) is 71.7 Å². The number of rotatable bonds is 7. The molecule has 1 radical (unpaired) electrons. The fraction of sp³-hybridized carbons (Fsp3) is 0.833. The van der Waals surface area contributed by atoms with Crippen LogP contribution in [0, 0.1) is 6.92 Å². The van der Waals surface area contributed by atoms with Gasteiger partial charge < -0.3 is 16.0 Å². The third kappa shape index (κ3) is 11.1. The van der Waals surface area contributed by atoms with E-state index in [1.807, 2.05) is 4.90 Å². The molecule has 0 spiro atoms. The Morgan fingerprint density at radius 2 is 1.31 bits per heavy atom. The first kappa shape index (κ1) is 36.5. The Kier molecular flexibility index (Phi) is 13.3. The molecule has 215 valence electrons. The van der Waals surface area contributed by atoms with Crippen LogP contribution in [-0.2, 0) is 57.2 Å². The first-order valence-corrected chi connectivity index (χ1v) is 12.8. The monoisotopic (exact) mass is 778 g/mol. The van der Waals surface area contributed by atoms with Crippen LogP contribution < -0.4 is 4.72 Å². The number of carbonyl (C=O) groups excluding carboxylic acids is 1. The zero-order chi connectivity index (χ0) is 27.4. The summed E-state index contributed by atoms with van der Waals surface area (Å²) in [5.41, 5.74) is -17.9. The molecule has 0 aromatic carbocycles. The number of sulfonamides is 3. The number of nitrogens with one attached hydrogen (secondary N) is 1. The summed E-state index contributed by atoms with van der Waals surface area (Å²) >= 11 is 0. The van der Waals surface area contributed by atoms with Gasteiger partial charge in [-0.05, 0) is 25.4 Å². The molecule has 1 amide bonds. The van der Waals surface area contributed by atoms with Crippen molar-refractivity contribution >= 4 is 36.0 Å². The number of carbonyl (C=O) groups is 1. The van der Waals surface area contributed by atoms with Crippen molar-refractivity contribution in [1.82, 2.24) is 9.62 Å². The van der Waals surface area contributed by atoms with Crippen LogP contribution in [0.15, 0.2) is 0 Å². The van der Waals surface area contributed by atoms with Gasteiger partial charge in [0.15, 0.2) is 20.0 Å². The summed E-state index contributed by atoms with van der Waals surface area (Å²) in [6.07, 6.45) is 2.25. The molecular formula is C12H16AuF9N3O7S3-2. The van der Waals surface area contributed by atoms with Crippen molar-refractivity contribution in [2.45, 2.75) is 48.3 Å². The van der Waals surface area contributed by atoms with Crippen molar-refractivity contribution < 1.29 is 91.9 Å². The summed E-state index contributed by atoms with van der Waals surface area (Å²) in [5, 5.41) is 0. The number of nitrogens with zero attached hydrogens (tertiary/aromatic N) is 2. The first-order chi connectivity index (χ1) is 14.9. The van der Waals surface area contributed by atoms with Crippen molar-refractivity contribution in [1.29, 1.82) is 0 Å². The molecule has 1 aliphatic rings. The Balaban J connectivity index is 0. The normalized spacial score (nSPS) is 18.3. The molecule has 1 fully saturated rings. The molecule has 35 heavy (non-hydrogen) atoms. The van der Waals surface area contributed by atoms with Gasteiger partial charge in [0, 0.05) is 35.3 Å². The molecule has 0 bridgehead atoms. The van der Waals surface area contributed by atoms with E-state index in [1.54, 1.807) is 0 Å². The van der Waals surface area contributed by atoms with Gasteiger partial charge in [-0.1, -0.05) is 0 Å². The van der Waals surface area contributed by atoms with Gasteiger partial charge in [-0.15, -0.1) is 0 Å². The van der Waals surface area contributed by atoms with E-state index in [1.165, 1.54) is 0 Å². The third-order valence-electron chi connectivity index (χ3n) is 3.79. The largest absolute Gasteiger partial charge is 0.516 e. The molecule has 10 nitrogen and oxygen atoms in total. The second-order valence-electron chi connectivity index (χ2n) is 6.26. The van der Waals surface area contributed by atoms with E-state index < -0.39 is 52.5 Å². The molecule has 0 unspecified atom stereocenters. The van der Waals surface area contributed by atoms with Crippen molar-refractivity contribution in [3.05, 3.63) is 11.1 Å². The van der Waals surface area contributed by atoms with Gasteiger partial charge in [-0.25, -0.2) is 21.6 Å². The SMILES string of the molecule is O=S(=O)([N-]S(=O)(=O)C(F)(F)F)C(F)(F)F.[Au].[CH2-]C[C@@H]1CCCN1CCC(=O)NS(=O)(=O)C(F)(F)F. The summed E-state index contributed by atoms with van der Waals surface area (Å²) in [7, 11) is -19.0. The van der Waals surface area contributed by atoms with E-state index in [0.717, 1.165) is 28.2 Å². The molecule has 0 aromatic rings. The molecule has 23 heteroatoms. The number of halogens is 9. The molecule has 1 atom stereocenters. The minimum absolute atomic E-state index is 0. The molecule has 1 heterocycles. The molecule has 1 N–H and O–H groups in total. The van der Waals surface area contributed by atoms with Gasteiger partial charge in [-0.2, -0.15) is 54.4 Å². The van der Waals surface area contributed by atoms with Gasteiger partial charge in [-0.3, -0.25) is 4.79 Å². The number of alkyl halides is 9. The molecular weight excluding hydrogens is 762 g/mol. The number of amides is 1. The second-order valence-corrected chi connectivity index (χ2v) is 11.4. The van der Waals surface area contributed by atoms with Gasteiger partial charge >= 0.3 is 26.5 Å². The summed E-state index contributed by atoms with van der Waals surface area (Å²) in [6, 6.07) is 0.215. The third-order valence-corrected chi connectivity index (χ3v) is 7.64. The first-order valence-electron chi connectivity index (χ1n) is 8.40. The van der Waals surface area contributed by atoms with E-state index in [-0.39, 0.29) is 41.4 Å². The maximum Gasteiger partial charge on any atom is 0.516 e. The Morgan fingerprint density at radius 1 is 0.886 bits per heavy atom. The smallest absolute Gasteiger partial charge is 0.421 e. The Bertz CT molecular complexity index is 985. The topological polar surface area (TPSA) is 149 Å². The van der Waals surface area contributed by atoms with Crippen molar-refractivity contribution in [2.75, 3.05) is 13.1 Å². The summed E-state index contributed by atoms with van der Waals surface area (Å²) < 4.78 is 168. The molecule has 0 saturated carbocycles. The van der Waals surface area contributed by atoms with Crippen LogP contribution in [0.1, 0.15) is 25.7 Å². The fourth-order valence-corrected chi connectivity index (χ4v) is 4.46. The summed E-state index contributed by atoms with van der Waals surface area (Å²) in [5.74, 6) is -1.15. The number of hydrogen-bond donors (Lipinski definition) is 1. The second kappa shape index (κ2) is 12.7. The van der Waals surface area contributed by atoms with Crippen LogP contribution in [0.2, 0.25) is 0 Å². The molecule has 0 aliphatic carbocycles. The van der Waals surface area contributed by atoms with Crippen molar-refractivity contribution in [3.8, 4) is 0 Å². The Labute approximate surface area is 209 Å². The average Bonchev–Trinajstić information content (AvgIpc) is 3.03. The number of likely N-dealkylation sites (tertiary alicyclic amines) is 1. The van der Waals surface area contributed by atoms with Gasteiger partial charge in [0.1, 0.15) is 0 Å². The van der Waals surface area contributed by atoms with Gasteiger partial charge in [0.25, 0.3) is 0 Å². The Hall–Kier alpha value is -0.650. The van der Waals surface area contributed by atoms with Crippen LogP contribution >= 0.6 is 0 Å². The Morgan fingerprint density at radius 3 is 1.66 bits per heavy atom. The molecule has 0 aromatic heterocycles. The molecule has 1 rings (SSSR count). The van der Waals surface area contributed by atoms with Gasteiger partial charge in [0.05, 0.1) is 0 Å². The van der Waals surface area contributed by atoms with Gasteiger partial charge in [0.2, 0.25) is 5.91 Å². The predicted molar refractivity (Wildman–Crippen MR) is 95.6 cm³/mol. The van der Waals surface area contributed by atoms with Crippen LogP contribution in [0.4, 0.5) is 39.5 Å². The van der Waals surface area contributed by atoms with Crippen LogP contribution in [0.25, 0.3) is 4.13 Å². The van der Waals surface area contributed by atoms with E-state index in [4.69, 9.17) is 0 Å². The fourth-order valence-electron chi connectivity index (χ4n) is 2.23. The standard InChI is InChI=1S/C10H16F3N2O3S.C2F6NO4S2.Au/c1-2-8-4-3-6-15(8)7-5-9(16)14-19(17,18)10(11,12)13;3-1(4,5)14(10,11)9-15(12,13)2(6,7)8;/h8H,1-7H2,(H,14,16);;/q2*-1;/t8-;;/m1../s1. The summed E-state index contributed by atoms with van der Waals surface area (Å²) in [4.78, 5) is 13.2. The van der Waals surface area contributed by atoms with Crippen LogP contribution in [0.3, 0.4) is 0 Å². The van der Waals surface area contributed by atoms with Crippen LogP contribution in [0.5, 0.6) is 0 Å². The van der Waals surface area contributed by atoms with E-state index >= 15 is 0 Å². The predicted octanol–water partition coefficient (Wildman–Crippen LogP) is 2.09. The van der Waals surface area contributed by atoms with E-state index in [2.05, 4.69) is 6.92 Å².